The number of hydrogen-bond acceptors (Lipinski definition) is 4. The van der Waals surface area contributed by atoms with E-state index < -0.39 is 11.1 Å². The van der Waals surface area contributed by atoms with Crippen molar-refractivity contribution in [3.63, 3.8) is 0 Å². The Morgan fingerprint density at radius 3 is 2.67 bits per heavy atom. The van der Waals surface area contributed by atoms with Gasteiger partial charge in [0.1, 0.15) is 6.17 Å². The lowest BCUT2D eigenvalue weighted by molar-refractivity contribution is -0.483. The first kappa shape index (κ1) is 11.6. The third kappa shape index (κ3) is 5.09. The van der Waals surface area contributed by atoms with Gasteiger partial charge in [0.15, 0.2) is 0 Å². The summed E-state index contributed by atoms with van der Waals surface area (Å²) in [7, 11) is 0. The van der Waals surface area contributed by atoms with Crippen molar-refractivity contribution < 1.29 is 4.92 Å². The fourth-order valence-electron chi connectivity index (χ4n) is 1.27. The number of nitrogens with zero attached hydrogens (tertiary/aromatic N) is 1. The smallest absolute Gasteiger partial charge is 0.231 e. The topological polar surface area (TPSA) is 81.2 Å². The molecule has 0 saturated heterocycles. The van der Waals surface area contributed by atoms with Gasteiger partial charge in [0.25, 0.3) is 0 Å². The zero-order valence-electron chi connectivity index (χ0n) is 8.43. The van der Waals surface area contributed by atoms with Crippen LogP contribution in [0.1, 0.15) is 5.56 Å². The first-order valence-electron chi connectivity index (χ1n) is 4.83. The molecule has 1 unspecified atom stereocenters. The number of nitrogens with two attached hydrogens (primary N) is 1. The molecule has 0 radical (unpaired) electrons. The lowest BCUT2D eigenvalue weighted by Gasteiger charge is -2.09. The molecule has 5 nitrogen and oxygen atoms in total. The van der Waals surface area contributed by atoms with E-state index in [2.05, 4.69) is 5.32 Å². The van der Waals surface area contributed by atoms with Crippen LogP contribution in [0, 0.1) is 10.1 Å². The van der Waals surface area contributed by atoms with Gasteiger partial charge in [-0.15, -0.1) is 0 Å². The molecule has 0 spiro atoms. The average molecular weight is 209 g/mol. The predicted molar refractivity (Wildman–Crippen MR) is 58.0 cm³/mol. The number of hydrogen-bond donors (Lipinski definition) is 2. The Kier molecular flexibility index (Phi) is 4.73. The maximum absolute atomic E-state index is 10.1. The van der Waals surface area contributed by atoms with E-state index in [1.807, 2.05) is 30.3 Å². The summed E-state index contributed by atoms with van der Waals surface area (Å²) in [6, 6.07) is 9.91. The van der Waals surface area contributed by atoms with E-state index in [-0.39, 0.29) is 6.54 Å². The molecule has 0 bridgehead atoms. The Morgan fingerprint density at radius 1 is 1.40 bits per heavy atom. The molecule has 0 aliphatic rings. The zero-order valence-corrected chi connectivity index (χ0v) is 8.43. The molecule has 0 aliphatic carbocycles. The molecule has 1 atom stereocenters. The second-order valence-corrected chi connectivity index (χ2v) is 3.31. The second-order valence-electron chi connectivity index (χ2n) is 3.31. The largest absolute Gasteiger partial charge is 0.310 e. The van der Waals surface area contributed by atoms with Crippen molar-refractivity contribution in [2.24, 2.45) is 5.73 Å². The summed E-state index contributed by atoms with van der Waals surface area (Å²) in [5.41, 5.74) is 6.68. The molecule has 3 N–H and O–H groups in total. The van der Waals surface area contributed by atoms with Gasteiger partial charge in [-0.05, 0) is 12.0 Å². The molecule has 0 aromatic heterocycles. The van der Waals surface area contributed by atoms with Crippen LogP contribution in [0.5, 0.6) is 0 Å². The molecular formula is C10H15N3O2. The highest BCUT2D eigenvalue weighted by atomic mass is 16.6. The minimum absolute atomic E-state index is 0.241. The fourth-order valence-corrected chi connectivity index (χ4v) is 1.27. The number of nitro groups is 1. The standard InChI is InChI=1S/C10H15N3O2/c11-10(8-13(14)15)12-7-6-9-4-2-1-3-5-9/h1-5,10,12H,6-8,11H2. The summed E-state index contributed by atoms with van der Waals surface area (Å²) in [6.45, 7) is 0.411. The first-order valence-corrected chi connectivity index (χ1v) is 4.83. The molecule has 0 aliphatic heterocycles. The fraction of sp³-hybridized carbons (Fsp3) is 0.400. The first-order chi connectivity index (χ1) is 7.18. The van der Waals surface area contributed by atoms with Gasteiger partial charge in [-0.3, -0.25) is 15.4 Å². The van der Waals surface area contributed by atoms with Crippen molar-refractivity contribution in [2.75, 3.05) is 13.1 Å². The van der Waals surface area contributed by atoms with Crippen LogP contribution in [-0.2, 0) is 6.42 Å². The molecule has 0 heterocycles. The van der Waals surface area contributed by atoms with Crippen molar-refractivity contribution in [2.45, 2.75) is 12.6 Å². The molecule has 82 valence electrons. The van der Waals surface area contributed by atoms with Crippen LogP contribution in [0.4, 0.5) is 0 Å². The van der Waals surface area contributed by atoms with Crippen LogP contribution in [0.25, 0.3) is 0 Å². The lowest BCUT2D eigenvalue weighted by atomic mass is 10.1. The van der Waals surface area contributed by atoms with E-state index >= 15 is 0 Å². The Balaban J connectivity index is 2.19. The summed E-state index contributed by atoms with van der Waals surface area (Å²) >= 11 is 0. The van der Waals surface area contributed by atoms with Gasteiger partial charge >= 0.3 is 0 Å². The van der Waals surface area contributed by atoms with Crippen LogP contribution < -0.4 is 11.1 Å². The van der Waals surface area contributed by atoms with E-state index in [0.29, 0.717) is 6.54 Å². The third-order valence-electron chi connectivity index (χ3n) is 2.01. The Morgan fingerprint density at radius 2 is 2.07 bits per heavy atom. The minimum atomic E-state index is -0.566. The maximum atomic E-state index is 10.1. The highest BCUT2D eigenvalue weighted by Gasteiger charge is 2.07. The number of rotatable bonds is 6. The molecule has 1 aromatic rings. The summed E-state index contributed by atoms with van der Waals surface area (Å²) in [5, 5.41) is 13.0. The van der Waals surface area contributed by atoms with E-state index in [4.69, 9.17) is 5.73 Å². The van der Waals surface area contributed by atoms with Crippen molar-refractivity contribution in [3.05, 3.63) is 46.0 Å². The summed E-state index contributed by atoms with van der Waals surface area (Å²) in [6.07, 6.45) is 0.260. The van der Waals surface area contributed by atoms with Crippen molar-refractivity contribution in [1.82, 2.24) is 5.32 Å². The lowest BCUT2D eigenvalue weighted by Crippen LogP contribution is -2.43. The van der Waals surface area contributed by atoms with Gasteiger partial charge in [0.05, 0.1) is 0 Å². The van der Waals surface area contributed by atoms with E-state index in [1.54, 1.807) is 0 Å². The molecule has 5 heteroatoms. The van der Waals surface area contributed by atoms with Crippen LogP contribution in [0.3, 0.4) is 0 Å². The van der Waals surface area contributed by atoms with Crippen LogP contribution in [-0.4, -0.2) is 24.2 Å². The quantitative estimate of drug-likeness (QED) is 0.403. The molecule has 15 heavy (non-hydrogen) atoms. The monoisotopic (exact) mass is 209 g/mol. The molecule has 0 saturated carbocycles. The third-order valence-corrected chi connectivity index (χ3v) is 2.01. The zero-order chi connectivity index (χ0) is 11.1. The Labute approximate surface area is 88.4 Å². The van der Waals surface area contributed by atoms with Gasteiger partial charge in [0.2, 0.25) is 6.54 Å². The Bertz CT molecular complexity index is 303. The predicted octanol–water partition coefficient (Wildman–Crippen LogP) is 0.380. The van der Waals surface area contributed by atoms with Gasteiger partial charge in [-0.1, -0.05) is 30.3 Å². The molecule has 0 fully saturated rings. The van der Waals surface area contributed by atoms with Gasteiger partial charge < -0.3 is 5.73 Å². The number of nitrogens with one attached hydrogen (secondary N) is 1. The van der Waals surface area contributed by atoms with E-state index in [0.717, 1.165) is 6.42 Å². The van der Waals surface area contributed by atoms with Crippen LogP contribution in [0.15, 0.2) is 30.3 Å². The minimum Gasteiger partial charge on any atom is -0.310 e. The second kappa shape index (κ2) is 6.10. The summed E-state index contributed by atoms with van der Waals surface area (Å²) < 4.78 is 0. The highest BCUT2D eigenvalue weighted by molar-refractivity contribution is 5.14. The molecule has 1 rings (SSSR count). The van der Waals surface area contributed by atoms with Gasteiger partial charge in [0, 0.05) is 11.5 Å². The Hall–Kier alpha value is -1.46. The van der Waals surface area contributed by atoms with E-state index in [9.17, 15) is 10.1 Å². The van der Waals surface area contributed by atoms with Crippen molar-refractivity contribution in [1.29, 1.82) is 0 Å². The van der Waals surface area contributed by atoms with Crippen molar-refractivity contribution >= 4 is 0 Å². The maximum Gasteiger partial charge on any atom is 0.231 e. The van der Waals surface area contributed by atoms with Gasteiger partial charge in [-0.25, -0.2) is 0 Å². The SMILES string of the molecule is NC(C[N+](=O)[O-])NCCc1ccccc1. The average Bonchev–Trinajstić information content (AvgIpc) is 2.18. The number of benzene rings is 1. The van der Waals surface area contributed by atoms with Crippen LogP contribution >= 0.6 is 0 Å². The highest BCUT2D eigenvalue weighted by Crippen LogP contribution is 1.98. The van der Waals surface area contributed by atoms with E-state index in [1.165, 1.54) is 5.56 Å². The molecule has 0 amide bonds. The summed E-state index contributed by atoms with van der Waals surface area (Å²) in [5.74, 6) is 0. The molecule has 1 aromatic carbocycles. The van der Waals surface area contributed by atoms with Crippen molar-refractivity contribution in [3.8, 4) is 0 Å². The van der Waals surface area contributed by atoms with Gasteiger partial charge in [-0.2, -0.15) is 0 Å². The normalized spacial score (nSPS) is 12.3. The van der Waals surface area contributed by atoms with Crippen LogP contribution in [0.2, 0.25) is 0 Å². The summed E-state index contributed by atoms with van der Waals surface area (Å²) in [4.78, 5) is 9.71. The molecular weight excluding hydrogens is 194 g/mol.